The minimum Gasteiger partial charge on any atom is -0.296 e. The molecule has 3 rings (SSSR count). The van der Waals surface area contributed by atoms with Gasteiger partial charge in [-0.3, -0.25) is 20.2 Å². The maximum Gasteiger partial charge on any atom is 0.270 e. The Balaban J connectivity index is 1.62. The summed E-state index contributed by atoms with van der Waals surface area (Å²) in [5.74, 6) is 0.191. The zero-order valence-electron chi connectivity index (χ0n) is 12.8. The number of amides is 1. The Labute approximate surface area is 151 Å². The Kier molecular flexibility index (Phi) is 5.36. The van der Waals surface area contributed by atoms with E-state index in [0.717, 1.165) is 9.90 Å². The van der Waals surface area contributed by atoms with Gasteiger partial charge in [0.15, 0.2) is 0 Å². The average molecular weight is 372 g/mol. The summed E-state index contributed by atoms with van der Waals surface area (Å²) in [6.07, 6.45) is 0. The number of non-ortho nitro benzene ring substituents is 1. The quantitative estimate of drug-likeness (QED) is 0.399. The van der Waals surface area contributed by atoms with Crippen molar-refractivity contribution in [3.05, 3.63) is 75.3 Å². The molecule has 0 fully saturated rings. The van der Waals surface area contributed by atoms with Crippen molar-refractivity contribution in [3.8, 4) is 0 Å². The van der Waals surface area contributed by atoms with Crippen LogP contribution < -0.4 is 5.32 Å². The summed E-state index contributed by atoms with van der Waals surface area (Å²) in [5, 5.41) is 22.5. The van der Waals surface area contributed by atoms with Gasteiger partial charge in [-0.1, -0.05) is 35.6 Å². The van der Waals surface area contributed by atoms with Crippen LogP contribution in [0.15, 0.2) is 59.5 Å². The van der Waals surface area contributed by atoms with Crippen molar-refractivity contribution in [1.82, 2.24) is 10.2 Å². The maximum absolute atomic E-state index is 12.2. The number of nitrogens with zero attached hydrogens (tertiary/aromatic N) is 3. The van der Waals surface area contributed by atoms with Crippen molar-refractivity contribution in [2.24, 2.45) is 0 Å². The van der Waals surface area contributed by atoms with Crippen molar-refractivity contribution >= 4 is 39.8 Å². The minimum atomic E-state index is -0.541. The molecular formula is C16H12N4O3S2. The predicted molar refractivity (Wildman–Crippen MR) is 97.0 cm³/mol. The van der Waals surface area contributed by atoms with E-state index in [1.165, 1.54) is 35.6 Å². The van der Waals surface area contributed by atoms with E-state index in [0.29, 0.717) is 10.9 Å². The van der Waals surface area contributed by atoms with Gasteiger partial charge in [-0.05, 0) is 18.2 Å². The average Bonchev–Trinajstić information content (AvgIpc) is 3.08. The molecule has 1 aromatic heterocycles. The number of nitro benzene ring substituents is 1. The molecule has 1 heterocycles. The SMILES string of the molecule is O=C(Nc1nnc(CSc2ccccc2)s1)c1cccc([N+](=O)[O-])c1. The Hall–Kier alpha value is -2.78. The summed E-state index contributed by atoms with van der Waals surface area (Å²) >= 11 is 2.90. The van der Waals surface area contributed by atoms with Gasteiger partial charge in [0, 0.05) is 22.6 Å². The first kappa shape index (κ1) is 17.1. The van der Waals surface area contributed by atoms with E-state index in [2.05, 4.69) is 15.5 Å². The summed E-state index contributed by atoms with van der Waals surface area (Å²) in [6.45, 7) is 0. The van der Waals surface area contributed by atoms with Crippen LogP contribution in [0, 0.1) is 10.1 Å². The largest absolute Gasteiger partial charge is 0.296 e. The van der Waals surface area contributed by atoms with Gasteiger partial charge in [0.05, 0.1) is 10.7 Å². The zero-order valence-corrected chi connectivity index (χ0v) is 14.4. The Morgan fingerprint density at radius 2 is 1.96 bits per heavy atom. The number of benzene rings is 2. The van der Waals surface area contributed by atoms with Gasteiger partial charge in [0.25, 0.3) is 11.6 Å². The monoisotopic (exact) mass is 372 g/mol. The lowest BCUT2D eigenvalue weighted by Crippen LogP contribution is -2.11. The van der Waals surface area contributed by atoms with E-state index in [9.17, 15) is 14.9 Å². The van der Waals surface area contributed by atoms with Crippen LogP contribution in [0.3, 0.4) is 0 Å². The molecule has 0 aliphatic carbocycles. The molecule has 0 unspecified atom stereocenters. The number of rotatable bonds is 6. The molecule has 25 heavy (non-hydrogen) atoms. The smallest absolute Gasteiger partial charge is 0.270 e. The first-order chi connectivity index (χ1) is 12.1. The van der Waals surface area contributed by atoms with Gasteiger partial charge in [-0.2, -0.15) is 0 Å². The van der Waals surface area contributed by atoms with Crippen molar-refractivity contribution in [2.75, 3.05) is 5.32 Å². The highest BCUT2D eigenvalue weighted by Crippen LogP contribution is 2.26. The Morgan fingerprint density at radius 1 is 1.16 bits per heavy atom. The number of thioether (sulfide) groups is 1. The van der Waals surface area contributed by atoms with Crippen LogP contribution in [0.1, 0.15) is 15.4 Å². The highest BCUT2D eigenvalue weighted by Gasteiger charge is 2.14. The lowest BCUT2D eigenvalue weighted by atomic mass is 10.2. The molecule has 0 saturated carbocycles. The number of carbonyl (C=O) groups excluding carboxylic acids is 1. The van der Waals surface area contributed by atoms with Crippen LogP contribution in [0.5, 0.6) is 0 Å². The standard InChI is InChI=1S/C16H12N4O3S2/c21-15(11-5-4-6-12(9-11)20(22)23)17-16-19-18-14(25-16)10-24-13-7-2-1-3-8-13/h1-9H,10H2,(H,17,19,21). The number of anilines is 1. The van der Waals surface area contributed by atoms with Gasteiger partial charge in [-0.15, -0.1) is 22.0 Å². The van der Waals surface area contributed by atoms with Crippen LogP contribution in [0.4, 0.5) is 10.8 Å². The second-order valence-electron chi connectivity index (χ2n) is 4.86. The van der Waals surface area contributed by atoms with E-state index in [1.54, 1.807) is 11.8 Å². The molecule has 3 aromatic rings. The van der Waals surface area contributed by atoms with Gasteiger partial charge >= 0.3 is 0 Å². The Bertz CT molecular complexity index is 899. The molecule has 1 N–H and O–H groups in total. The molecular weight excluding hydrogens is 360 g/mol. The summed E-state index contributed by atoms with van der Waals surface area (Å²) in [6, 6.07) is 15.4. The van der Waals surface area contributed by atoms with Crippen molar-refractivity contribution < 1.29 is 9.72 Å². The maximum atomic E-state index is 12.2. The lowest BCUT2D eigenvalue weighted by molar-refractivity contribution is -0.384. The minimum absolute atomic E-state index is 0.134. The summed E-state index contributed by atoms with van der Waals surface area (Å²) < 4.78 is 0. The van der Waals surface area contributed by atoms with E-state index in [-0.39, 0.29) is 11.3 Å². The van der Waals surface area contributed by atoms with Crippen LogP contribution in [0.2, 0.25) is 0 Å². The number of carbonyl (C=O) groups is 1. The first-order valence-electron chi connectivity index (χ1n) is 7.18. The summed E-state index contributed by atoms with van der Waals surface area (Å²) in [5.41, 5.74) is 0.0643. The fourth-order valence-corrected chi connectivity index (χ4v) is 3.59. The fourth-order valence-electron chi connectivity index (χ4n) is 1.95. The molecule has 0 spiro atoms. The van der Waals surface area contributed by atoms with Crippen molar-refractivity contribution in [3.63, 3.8) is 0 Å². The third-order valence-corrected chi connectivity index (χ3v) is 5.16. The predicted octanol–water partition coefficient (Wildman–Crippen LogP) is 3.99. The number of hydrogen-bond acceptors (Lipinski definition) is 7. The topological polar surface area (TPSA) is 98.0 Å². The number of nitro groups is 1. The van der Waals surface area contributed by atoms with Crippen molar-refractivity contribution in [2.45, 2.75) is 10.6 Å². The van der Waals surface area contributed by atoms with Gasteiger partial charge in [0.1, 0.15) is 5.01 Å². The van der Waals surface area contributed by atoms with Crippen LogP contribution >= 0.6 is 23.1 Å². The van der Waals surface area contributed by atoms with Gasteiger partial charge in [0.2, 0.25) is 5.13 Å². The molecule has 126 valence electrons. The van der Waals surface area contributed by atoms with Gasteiger partial charge < -0.3 is 0 Å². The molecule has 0 bridgehead atoms. The molecule has 0 aliphatic heterocycles. The first-order valence-corrected chi connectivity index (χ1v) is 8.98. The van der Waals surface area contributed by atoms with E-state index < -0.39 is 10.8 Å². The molecule has 2 aromatic carbocycles. The molecule has 0 radical (unpaired) electrons. The highest BCUT2D eigenvalue weighted by atomic mass is 32.2. The summed E-state index contributed by atoms with van der Waals surface area (Å²) in [7, 11) is 0. The molecule has 9 heteroatoms. The zero-order chi connectivity index (χ0) is 17.6. The van der Waals surface area contributed by atoms with E-state index in [1.807, 2.05) is 30.3 Å². The number of hydrogen-bond donors (Lipinski definition) is 1. The lowest BCUT2D eigenvalue weighted by Gasteiger charge is -2.00. The van der Waals surface area contributed by atoms with Crippen LogP contribution in [-0.2, 0) is 5.75 Å². The van der Waals surface area contributed by atoms with Crippen molar-refractivity contribution in [1.29, 1.82) is 0 Å². The fraction of sp³-hybridized carbons (Fsp3) is 0.0625. The molecule has 7 nitrogen and oxygen atoms in total. The third-order valence-electron chi connectivity index (χ3n) is 3.11. The summed E-state index contributed by atoms with van der Waals surface area (Å²) in [4.78, 5) is 23.5. The normalized spacial score (nSPS) is 10.4. The Morgan fingerprint density at radius 3 is 2.72 bits per heavy atom. The van der Waals surface area contributed by atoms with Gasteiger partial charge in [-0.25, -0.2) is 0 Å². The third kappa shape index (κ3) is 4.61. The molecule has 0 atom stereocenters. The van der Waals surface area contributed by atoms with E-state index in [4.69, 9.17) is 0 Å². The molecule has 0 aliphatic rings. The van der Waals surface area contributed by atoms with Crippen LogP contribution in [-0.4, -0.2) is 21.0 Å². The second kappa shape index (κ2) is 7.86. The second-order valence-corrected chi connectivity index (χ2v) is 6.98. The van der Waals surface area contributed by atoms with E-state index >= 15 is 0 Å². The number of aromatic nitrogens is 2. The highest BCUT2D eigenvalue weighted by molar-refractivity contribution is 7.98. The van der Waals surface area contributed by atoms with Crippen LogP contribution in [0.25, 0.3) is 0 Å². The number of nitrogens with one attached hydrogen (secondary N) is 1. The molecule has 1 amide bonds. The molecule has 0 saturated heterocycles.